The first kappa shape index (κ1) is 10.9. The second-order valence-corrected chi connectivity index (χ2v) is 5.06. The fraction of sp³-hybridized carbons (Fsp3) is 0.455. The van der Waals surface area contributed by atoms with Crippen molar-refractivity contribution >= 4 is 11.8 Å². The summed E-state index contributed by atoms with van der Waals surface area (Å²) in [5.74, 6) is 0. The summed E-state index contributed by atoms with van der Waals surface area (Å²) < 4.78 is 36.5. The van der Waals surface area contributed by atoms with Crippen LogP contribution in [0.4, 0.5) is 13.2 Å². The highest BCUT2D eigenvalue weighted by molar-refractivity contribution is 8.00. The molecule has 0 radical (unpaired) electrons. The number of fused-ring (bicyclic) bond motifs is 1. The van der Waals surface area contributed by atoms with Gasteiger partial charge in [0.15, 0.2) is 0 Å². The lowest BCUT2D eigenvalue weighted by molar-refractivity contribution is -0.0334. The summed E-state index contributed by atoms with van der Waals surface area (Å²) in [4.78, 5) is 0. The largest absolute Gasteiger partial charge is 0.442 e. The molecule has 1 aliphatic rings. The summed E-state index contributed by atoms with van der Waals surface area (Å²) in [7, 11) is 0. The Morgan fingerprint density at radius 3 is 2.47 bits per heavy atom. The summed E-state index contributed by atoms with van der Waals surface area (Å²) in [6.45, 7) is 0. The Balaban J connectivity index is 2.06. The molecule has 4 heteroatoms. The lowest BCUT2D eigenvalue weighted by Gasteiger charge is -2.24. The number of rotatable bonds is 1. The van der Waals surface area contributed by atoms with E-state index in [4.69, 9.17) is 0 Å². The van der Waals surface area contributed by atoms with Crippen LogP contribution in [0.15, 0.2) is 24.3 Å². The van der Waals surface area contributed by atoms with Gasteiger partial charge in [0.1, 0.15) is 0 Å². The van der Waals surface area contributed by atoms with Crippen molar-refractivity contribution in [2.45, 2.75) is 30.0 Å². The number of aryl methyl sites for hydroxylation is 1. The molecule has 0 N–H and O–H groups in total. The highest BCUT2D eigenvalue weighted by atomic mass is 32.2. The molecule has 1 aromatic rings. The van der Waals surface area contributed by atoms with E-state index in [9.17, 15) is 13.2 Å². The van der Waals surface area contributed by atoms with E-state index < -0.39 is 5.51 Å². The number of halogens is 3. The first-order valence-electron chi connectivity index (χ1n) is 4.86. The van der Waals surface area contributed by atoms with Crippen LogP contribution in [0.3, 0.4) is 0 Å². The van der Waals surface area contributed by atoms with Gasteiger partial charge in [-0.25, -0.2) is 0 Å². The lowest BCUT2D eigenvalue weighted by Crippen LogP contribution is -2.20. The van der Waals surface area contributed by atoms with Crippen LogP contribution in [0.25, 0.3) is 0 Å². The van der Waals surface area contributed by atoms with Gasteiger partial charge in [0.25, 0.3) is 0 Å². The van der Waals surface area contributed by atoms with Gasteiger partial charge < -0.3 is 0 Å². The second-order valence-electron chi connectivity index (χ2n) is 3.70. The number of hydrogen-bond acceptors (Lipinski definition) is 1. The van der Waals surface area contributed by atoms with Crippen LogP contribution < -0.4 is 0 Å². The van der Waals surface area contributed by atoms with Crippen molar-refractivity contribution < 1.29 is 13.2 Å². The Labute approximate surface area is 90.9 Å². The third kappa shape index (κ3) is 2.91. The Morgan fingerprint density at radius 2 is 1.80 bits per heavy atom. The highest BCUT2D eigenvalue weighted by Gasteiger charge is 2.34. The van der Waals surface area contributed by atoms with Gasteiger partial charge >= 0.3 is 5.51 Å². The third-order valence-corrected chi connectivity index (χ3v) is 3.60. The van der Waals surface area contributed by atoms with Crippen molar-refractivity contribution in [1.29, 1.82) is 0 Å². The minimum Gasteiger partial charge on any atom is -0.160 e. The van der Waals surface area contributed by atoms with E-state index in [1.807, 2.05) is 24.3 Å². The molecule has 1 aliphatic carbocycles. The van der Waals surface area contributed by atoms with Crippen LogP contribution in [0.5, 0.6) is 0 Å². The van der Waals surface area contributed by atoms with Crippen LogP contribution in [0.1, 0.15) is 17.5 Å². The van der Waals surface area contributed by atoms with E-state index >= 15 is 0 Å². The van der Waals surface area contributed by atoms with Gasteiger partial charge in [0, 0.05) is 5.25 Å². The molecule has 0 bridgehead atoms. The maximum absolute atomic E-state index is 12.2. The van der Waals surface area contributed by atoms with Crippen LogP contribution in [0, 0.1) is 0 Å². The Bertz CT molecular complexity index is 346. The van der Waals surface area contributed by atoms with E-state index in [1.165, 1.54) is 5.56 Å². The van der Waals surface area contributed by atoms with Gasteiger partial charge in [-0.1, -0.05) is 24.3 Å². The predicted molar refractivity (Wildman–Crippen MR) is 55.9 cm³/mol. The van der Waals surface area contributed by atoms with Crippen molar-refractivity contribution in [3.05, 3.63) is 35.4 Å². The molecule has 1 aromatic carbocycles. The summed E-state index contributed by atoms with van der Waals surface area (Å²) in [6.07, 6.45) is 1.94. The van der Waals surface area contributed by atoms with Gasteiger partial charge in [-0.05, 0) is 42.2 Å². The second kappa shape index (κ2) is 4.08. The maximum atomic E-state index is 12.2. The normalized spacial score (nSPS) is 21.1. The lowest BCUT2D eigenvalue weighted by atomic mass is 9.92. The van der Waals surface area contributed by atoms with Gasteiger partial charge in [-0.2, -0.15) is 13.2 Å². The summed E-state index contributed by atoms with van der Waals surface area (Å²) in [5, 5.41) is -0.306. The van der Waals surface area contributed by atoms with Crippen LogP contribution in [-0.4, -0.2) is 10.8 Å². The van der Waals surface area contributed by atoms with E-state index in [2.05, 4.69) is 0 Å². The quantitative estimate of drug-likeness (QED) is 0.709. The third-order valence-electron chi connectivity index (χ3n) is 2.60. The predicted octanol–water partition coefficient (Wildman–Crippen LogP) is 3.80. The molecule has 0 saturated heterocycles. The van der Waals surface area contributed by atoms with E-state index in [0.717, 1.165) is 12.0 Å². The standard InChI is InChI=1S/C11H11F3S/c12-11(13,14)15-10-6-5-8-3-1-2-4-9(8)7-10/h1-4,10H,5-7H2. The first-order chi connectivity index (χ1) is 7.04. The maximum Gasteiger partial charge on any atom is 0.442 e. The fourth-order valence-corrected chi connectivity index (χ4v) is 2.83. The highest BCUT2D eigenvalue weighted by Crippen LogP contribution is 2.39. The smallest absolute Gasteiger partial charge is 0.160 e. The molecule has 0 spiro atoms. The first-order valence-corrected chi connectivity index (χ1v) is 5.74. The minimum absolute atomic E-state index is 0.141. The molecule has 1 atom stereocenters. The number of hydrogen-bond donors (Lipinski definition) is 0. The molecule has 15 heavy (non-hydrogen) atoms. The van der Waals surface area contributed by atoms with Crippen molar-refractivity contribution in [3.63, 3.8) is 0 Å². The topological polar surface area (TPSA) is 0 Å². The summed E-state index contributed by atoms with van der Waals surface area (Å²) in [6, 6.07) is 7.76. The average Bonchev–Trinajstić information content (AvgIpc) is 2.15. The zero-order valence-corrected chi connectivity index (χ0v) is 8.87. The van der Waals surface area contributed by atoms with Gasteiger partial charge in [-0.3, -0.25) is 0 Å². The Hall–Kier alpha value is -0.640. The Kier molecular flexibility index (Phi) is 2.96. The zero-order valence-electron chi connectivity index (χ0n) is 8.05. The molecule has 0 aromatic heterocycles. The number of thioether (sulfide) groups is 1. The van der Waals surface area contributed by atoms with Crippen molar-refractivity contribution in [2.24, 2.45) is 0 Å². The molecule has 0 aliphatic heterocycles. The average molecular weight is 232 g/mol. The van der Waals surface area contributed by atoms with Crippen LogP contribution >= 0.6 is 11.8 Å². The van der Waals surface area contributed by atoms with Crippen molar-refractivity contribution in [1.82, 2.24) is 0 Å². The van der Waals surface area contributed by atoms with E-state index in [1.54, 1.807) is 0 Å². The number of alkyl halides is 3. The molecule has 0 amide bonds. The summed E-state index contributed by atoms with van der Waals surface area (Å²) in [5.41, 5.74) is -1.82. The molecular formula is C11H11F3S. The molecular weight excluding hydrogens is 221 g/mol. The van der Waals surface area contributed by atoms with E-state index in [-0.39, 0.29) is 17.0 Å². The fourth-order valence-electron chi connectivity index (χ4n) is 1.95. The van der Waals surface area contributed by atoms with E-state index in [0.29, 0.717) is 12.8 Å². The van der Waals surface area contributed by atoms with Crippen LogP contribution in [0.2, 0.25) is 0 Å². The van der Waals surface area contributed by atoms with Gasteiger partial charge in [-0.15, -0.1) is 0 Å². The molecule has 0 fully saturated rings. The SMILES string of the molecule is FC(F)(F)SC1CCc2ccccc2C1. The van der Waals surface area contributed by atoms with Gasteiger partial charge in [0.05, 0.1) is 0 Å². The van der Waals surface area contributed by atoms with Crippen molar-refractivity contribution in [3.8, 4) is 0 Å². The Morgan fingerprint density at radius 1 is 1.13 bits per heavy atom. The molecule has 0 nitrogen and oxygen atoms in total. The number of benzene rings is 1. The molecule has 0 heterocycles. The molecule has 1 unspecified atom stereocenters. The van der Waals surface area contributed by atoms with Crippen LogP contribution in [-0.2, 0) is 12.8 Å². The summed E-state index contributed by atoms with van der Waals surface area (Å²) >= 11 is 0.141. The monoisotopic (exact) mass is 232 g/mol. The molecule has 0 saturated carbocycles. The zero-order chi connectivity index (χ0) is 10.9. The molecule has 2 rings (SSSR count). The molecule has 82 valence electrons. The van der Waals surface area contributed by atoms with Crippen molar-refractivity contribution in [2.75, 3.05) is 0 Å². The van der Waals surface area contributed by atoms with Gasteiger partial charge in [0.2, 0.25) is 0 Å². The minimum atomic E-state index is -4.10.